The van der Waals surface area contributed by atoms with E-state index in [2.05, 4.69) is 60.7 Å². The Bertz CT molecular complexity index is 1080. The molecule has 2 heterocycles. The van der Waals surface area contributed by atoms with Gasteiger partial charge in [-0.1, -0.05) is 60.7 Å². The predicted molar refractivity (Wildman–Crippen MR) is 139 cm³/mol. The maximum Gasteiger partial charge on any atom is 0.289 e. The third-order valence-electron chi connectivity index (χ3n) is 9.65. The van der Waals surface area contributed by atoms with Crippen LogP contribution in [0.4, 0.5) is 0 Å². The van der Waals surface area contributed by atoms with Crippen molar-refractivity contribution < 1.29 is 9.21 Å². The highest BCUT2D eigenvalue weighted by Gasteiger charge is 2.45. The van der Waals surface area contributed by atoms with Crippen molar-refractivity contribution in [2.75, 3.05) is 13.1 Å². The normalized spacial score (nSPS) is 27.6. The summed E-state index contributed by atoms with van der Waals surface area (Å²) >= 11 is 0. The largest absolute Gasteiger partial charge is 0.459 e. The number of amides is 1. The van der Waals surface area contributed by atoms with Gasteiger partial charge in [-0.15, -0.1) is 0 Å². The summed E-state index contributed by atoms with van der Waals surface area (Å²) in [4.78, 5) is 14.9. The van der Waals surface area contributed by atoms with Gasteiger partial charge in [-0.05, 0) is 104 Å². The third-order valence-corrected chi connectivity index (χ3v) is 9.65. The second-order valence-corrected chi connectivity index (χ2v) is 11.3. The highest BCUT2D eigenvalue weighted by molar-refractivity contribution is 5.91. The van der Waals surface area contributed by atoms with Crippen molar-refractivity contribution in [3.05, 3.63) is 95.9 Å². The zero-order valence-corrected chi connectivity index (χ0v) is 20.6. The summed E-state index contributed by atoms with van der Waals surface area (Å²) in [5.74, 6) is 3.89. The van der Waals surface area contributed by atoms with Gasteiger partial charge in [-0.3, -0.25) is 4.79 Å². The van der Waals surface area contributed by atoms with Gasteiger partial charge in [-0.2, -0.15) is 0 Å². The highest BCUT2D eigenvalue weighted by atomic mass is 16.3. The molecule has 3 aromatic rings. The van der Waals surface area contributed by atoms with E-state index in [0.29, 0.717) is 5.76 Å². The lowest BCUT2D eigenvalue weighted by molar-refractivity contribution is 0.0613. The molecule has 1 amide bonds. The molecule has 0 N–H and O–H groups in total. The van der Waals surface area contributed by atoms with Crippen LogP contribution in [0.15, 0.2) is 83.5 Å². The van der Waals surface area contributed by atoms with E-state index in [9.17, 15) is 4.79 Å². The van der Waals surface area contributed by atoms with Gasteiger partial charge in [0, 0.05) is 13.1 Å². The molecule has 1 aliphatic heterocycles. The number of hydrogen-bond donors (Lipinski definition) is 0. The Morgan fingerprint density at radius 1 is 0.857 bits per heavy atom. The molecule has 2 saturated carbocycles. The first-order chi connectivity index (χ1) is 17.2. The number of rotatable bonds is 6. The smallest absolute Gasteiger partial charge is 0.289 e. The molecule has 3 heteroatoms. The van der Waals surface area contributed by atoms with E-state index in [1.54, 1.807) is 24.0 Å². The molecule has 1 saturated heterocycles. The molecule has 0 radical (unpaired) electrons. The summed E-state index contributed by atoms with van der Waals surface area (Å²) < 4.78 is 5.39. The first kappa shape index (κ1) is 22.6. The summed E-state index contributed by atoms with van der Waals surface area (Å²) in [6.45, 7) is 1.62. The average molecular weight is 468 g/mol. The number of benzene rings is 2. The minimum absolute atomic E-state index is 0.0361. The van der Waals surface area contributed by atoms with E-state index in [-0.39, 0.29) is 11.3 Å². The van der Waals surface area contributed by atoms with E-state index in [1.807, 2.05) is 4.90 Å². The van der Waals surface area contributed by atoms with Gasteiger partial charge in [0.1, 0.15) is 0 Å². The number of carbonyl (C=O) groups is 1. The topological polar surface area (TPSA) is 33.5 Å². The van der Waals surface area contributed by atoms with Crippen molar-refractivity contribution >= 4 is 5.91 Å². The number of fused-ring (bicyclic) bond motifs is 2. The third kappa shape index (κ3) is 4.46. The molecule has 2 bridgehead atoms. The van der Waals surface area contributed by atoms with Crippen molar-refractivity contribution in [2.24, 2.45) is 17.8 Å². The van der Waals surface area contributed by atoms with Crippen LogP contribution in [0.5, 0.6) is 0 Å². The van der Waals surface area contributed by atoms with Crippen molar-refractivity contribution in [3.8, 4) is 0 Å². The van der Waals surface area contributed by atoms with Crippen LogP contribution in [-0.2, 0) is 5.41 Å². The summed E-state index contributed by atoms with van der Waals surface area (Å²) in [6.07, 6.45) is 11.8. The summed E-state index contributed by atoms with van der Waals surface area (Å²) in [7, 11) is 0. The lowest BCUT2D eigenvalue weighted by atomic mass is 9.64. The van der Waals surface area contributed by atoms with E-state index < -0.39 is 0 Å². The Morgan fingerprint density at radius 3 is 2.14 bits per heavy atom. The van der Waals surface area contributed by atoms with Gasteiger partial charge >= 0.3 is 0 Å². The fraction of sp³-hybridized carbons (Fsp3) is 0.469. The Kier molecular flexibility index (Phi) is 6.26. The van der Waals surface area contributed by atoms with Crippen LogP contribution in [0.2, 0.25) is 0 Å². The average Bonchev–Trinajstić information content (AvgIpc) is 3.54. The molecule has 0 spiro atoms. The first-order valence-corrected chi connectivity index (χ1v) is 13.7. The minimum atomic E-state index is 0.0361. The van der Waals surface area contributed by atoms with Crippen LogP contribution in [0, 0.1) is 17.8 Å². The van der Waals surface area contributed by atoms with E-state index in [0.717, 1.165) is 49.6 Å². The second-order valence-electron chi connectivity index (χ2n) is 11.3. The zero-order valence-electron chi connectivity index (χ0n) is 20.6. The molecule has 3 nitrogen and oxygen atoms in total. The van der Waals surface area contributed by atoms with Crippen molar-refractivity contribution in [1.82, 2.24) is 4.90 Å². The second kappa shape index (κ2) is 9.68. The lowest BCUT2D eigenvalue weighted by Gasteiger charge is -2.44. The number of hydrogen-bond acceptors (Lipinski definition) is 2. The molecule has 1 aromatic heterocycles. The van der Waals surface area contributed by atoms with Crippen LogP contribution in [0.1, 0.15) is 79.0 Å². The van der Waals surface area contributed by atoms with Crippen molar-refractivity contribution in [2.45, 2.75) is 62.7 Å². The molecule has 3 fully saturated rings. The van der Waals surface area contributed by atoms with Crippen LogP contribution in [-0.4, -0.2) is 23.9 Å². The Morgan fingerprint density at radius 2 is 1.51 bits per heavy atom. The van der Waals surface area contributed by atoms with Crippen LogP contribution >= 0.6 is 0 Å². The first-order valence-electron chi connectivity index (χ1n) is 13.7. The van der Waals surface area contributed by atoms with Gasteiger partial charge in [0.25, 0.3) is 5.91 Å². The number of likely N-dealkylation sites (tertiary alicyclic amines) is 1. The Labute approximate surface area is 209 Å². The maximum absolute atomic E-state index is 12.9. The number of furan rings is 1. The number of piperidine rings is 1. The van der Waals surface area contributed by atoms with Gasteiger partial charge in [0.15, 0.2) is 5.76 Å². The van der Waals surface area contributed by atoms with E-state index in [4.69, 9.17) is 4.42 Å². The standard InChI is InChI=1S/C32H37NO2/c34-31(30-12-7-21-35-30)33-19-17-32(18-20-33,28-10-5-2-6-11-28)16-15-29-25-13-14-26(29)23-27(22-25)24-8-3-1-4-9-24/h1-12,21,25-27,29H,13-20,22-23H2/t25-,26+,27+,29?. The lowest BCUT2D eigenvalue weighted by Crippen LogP contribution is -2.45. The van der Waals surface area contributed by atoms with Crippen LogP contribution < -0.4 is 0 Å². The van der Waals surface area contributed by atoms with E-state index in [1.165, 1.54) is 44.1 Å². The summed E-state index contributed by atoms with van der Waals surface area (Å²) in [6, 6.07) is 26.0. The van der Waals surface area contributed by atoms with E-state index >= 15 is 0 Å². The SMILES string of the molecule is O=C(c1ccco1)N1CCC(CCC2[C@@H]3CC[C@H]2C[C@@H](c2ccccc2)C3)(c2ccccc2)CC1. The number of carbonyl (C=O) groups excluding carboxylic acids is 1. The molecule has 4 atom stereocenters. The fourth-order valence-electron chi connectivity index (χ4n) is 7.73. The predicted octanol–water partition coefficient (Wildman–Crippen LogP) is 7.45. The molecule has 6 rings (SSSR count). The number of nitrogens with zero attached hydrogens (tertiary/aromatic N) is 1. The molecule has 1 unspecified atom stereocenters. The van der Waals surface area contributed by atoms with Crippen LogP contribution in [0.3, 0.4) is 0 Å². The summed E-state index contributed by atoms with van der Waals surface area (Å²) in [5, 5.41) is 0. The Balaban J connectivity index is 1.15. The molecular formula is C32H37NO2. The van der Waals surface area contributed by atoms with Gasteiger partial charge < -0.3 is 9.32 Å². The molecule has 3 aliphatic rings. The van der Waals surface area contributed by atoms with Crippen molar-refractivity contribution in [1.29, 1.82) is 0 Å². The van der Waals surface area contributed by atoms with Gasteiger partial charge in [0.05, 0.1) is 6.26 Å². The van der Waals surface area contributed by atoms with Crippen LogP contribution in [0.25, 0.3) is 0 Å². The molecule has 182 valence electrons. The molecule has 2 aliphatic carbocycles. The van der Waals surface area contributed by atoms with Gasteiger partial charge in [-0.25, -0.2) is 0 Å². The quantitative estimate of drug-likeness (QED) is 0.377. The highest BCUT2D eigenvalue weighted by Crippen LogP contribution is 2.55. The zero-order chi connectivity index (χ0) is 23.7. The molecule has 2 aromatic carbocycles. The minimum Gasteiger partial charge on any atom is -0.459 e. The maximum atomic E-state index is 12.9. The monoisotopic (exact) mass is 467 g/mol. The summed E-state index contributed by atoms with van der Waals surface area (Å²) in [5.41, 5.74) is 3.20. The van der Waals surface area contributed by atoms with Crippen molar-refractivity contribution in [3.63, 3.8) is 0 Å². The van der Waals surface area contributed by atoms with Gasteiger partial charge in [0.2, 0.25) is 0 Å². The Hall–Kier alpha value is -2.81. The fourth-order valence-corrected chi connectivity index (χ4v) is 7.73. The molecule has 35 heavy (non-hydrogen) atoms. The molecular weight excluding hydrogens is 430 g/mol.